The van der Waals surface area contributed by atoms with Crippen LogP contribution in [0.5, 0.6) is 5.75 Å². The van der Waals surface area contributed by atoms with Gasteiger partial charge >= 0.3 is 0 Å². The molecule has 3 amide bonds. The van der Waals surface area contributed by atoms with E-state index >= 15 is 0 Å². The van der Waals surface area contributed by atoms with Crippen molar-refractivity contribution in [3.05, 3.63) is 89.5 Å². The van der Waals surface area contributed by atoms with Crippen molar-refractivity contribution in [1.29, 1.82) is 0 Å². The second-order valence-electron chi connectivity index (χ2n) is 8.54. The van der Waals surface area contributed by atoms with Gasteiger partial charge in [0.05, 0.1) is 23.8 Å². The van der Waals surface area contributed by atoms with Gasteiger partial charge in [0.15, 0.2) is 0 Å². The summed E-state index contributed by atoms with van der Waals surface area (Å²) in [6, 6.07) is 22.1. The standard InChI is InChI=1S/C28H29N3O4/c1-3-35-23-14-12-22(13-15-23)31-18-21(16-26(31)32)27(33)30-25-7-5-4-6-24(25)28(34)29-17-20-10-8-19(2)9-11-20/h4-15,21H,3,16-18H2,1-2H3,(H,29,34)(H,30,33)/t21-/m0/s1. The van der Waals surface area contributed by atoms with Gasteiger partial charge in [0, 0.05) is 25.2 Å². The molecule has 1 saturated heterocycles. The van der Waals surface area contributed by atoms with E-state index in [2.05, 4.69) is 10.6 Å². The Morgan fingerprint density at radius 1 is 1.00 bits per heavy atom. The van der Waals surface area contributed by atoms with Crippen LogP contribution >= 0.6 is 0 Å². The predicted octanol–water partition coefficient (Wildman–Crippen LogP) is 4.32. The smallest absolute Gasteiger partial charge is 0.253 e. The number of amides is 3. The molecular formula is C28H29N3O4. The van der Waals surface area contributed by atoms with Gasteiger partial charge < -0.3 is 20.3 Å². The van der Waals surface area contributed by atoms with E-state index in [1.165, 1.54) is 0 Å². The number of para-hydroxylation sites is 1. The molecule has 7 nitrogen and oxygen atoms in total. The molecule has 0 bridgehead atoms. The highest BCUT2D eigenvalue weighted by Gasteiger charge is 2.35. The number of hydrogen-bond acceptors (Lipinski definition) is 4. The summed E-state index contributed by atoms with van der Waals surface area (Å²) in [6.07, 6.45) is 0.112. The number of ether oxygens (including phenoxy) is 1. The van der Waals surface area contributed by atoms with Crippen LogP contribution in [0.15, 0.2) is 72.8 Å². The van der Waals surface area contributed by atoms with Crippen LogP contribution in [0.4, 0.5) is 11.4 Å². The summed E-state index contributed by atoms with van der Waals surface area (Å²) in [7, 11) is 0. The maximum atomic E-state index is 13.0. The molecule has 1 fully saturated rings. The normalized spacial score (nSPS) is 15.1. The van der Waals surface area contributed by atoms with E-state index in [1.54, 1.807) is 29.2 Å². The minimum absolute atomic E-state index is 0.112. The van der Waals surface area contributed by atoms with Crippen LogP contribution in [0.3, 0.4) is 0 Å². The molecule has 3 aromatic carbocycles. The molecule has 2 N–H and O–H groups in total. The van der Waals surface area contributed by atoms with Gasteiger partial charge in [0.2, 0.25) is 11.8 Å². The summed E-state index contributed by atoms with van der Waals surface area (Å²) in [5.74, 6) is -0.462. The van der Waals surface area contributed by atoms with Crippen molar-refractivity contribution in [2.45, 2.75) is 26.8 Å². The average molecular weight is 472 g/mol. The monoisotopic (exact) mass is 471 g/mol. The maximum absolute atomic E-state index is 13.0. The first-order valence-electron chi connectivity index (χ1n) is 11.7. The Balaban J connectivity index is 1.39. The Hall–Kier alpha value is -4.13. The molecule has 1 aliphatic heterocycles. The van der Waals surface area contributed by atoms with Gasteiger partial charge in [-0.15, -0.1) is 0 Å². The highest BCUT2D eigenvalue weighted by molar-refractivity contribution is 6.07. The fourth-order valence-electron chi connectivity index (χ4n) is 4.03. The molecule has 0 unspecified atom stereocenters. The van der Waals surface area contributed by atoms with E-state index in [0.717, 1.165) is 22.6 Å². The SMILES string of the molecule is CCOc1ccc(N2C[C@@H](C(=O)Nc3ccccc3C(=O)NCc3ccc(C)cc3)CC2=O)cc1. The minimum Gasteiger partial charge on any atom is -0.494 e. The minimum atomic E-state index is -0.516. The summed E-state index contributed by atoms with van der Waals surface area (Å²) in [5.41, 5.74) is 3.67. The zero-order valence-corrected chi connectivity index (χ0v) is 19.9. The number of benzene rings is 3. The van der Waals surface area contributed by atoms with Crippen molar-refractivity contribution in [2.75, 3.05) is 23.4 Å². The molecule has 3 aromatic rings. The van der Waals surface area contributed by atoms with Crippen LogP contribution in [0, 0.1) is 12.8 Å². The summed E-state index contributed by atoms with van der Waals surface area (Å²) in [5, 5.41) is 5.76. The average Bonchev–Trinajstić information content (AvgIpc) is 3.26. The molecule has 35 heavy (non-hydrogen) atoms. The lowest BCUT2D eigenvalue weighted by atomic mass is 10.1. The van der Waals surface area contributed by atoms with Gasteiger partial charge in [-0.05, 0) is 55.8 Å². The molecule has 0 spiro atoms. The largest absolute Gasteiger partial charge is 0.494 e. The molecule has 1 aliphatic rings. The van der Waals surface area contributed by atoms with E-state index in [4.69, 9.17) is 4.74 Å². The van der Waals surface area contributed by atoms with E-state index in [0.29, 0.717) is 24.4 Å². The van der Waals surface area contributed by atoms with Crippen molar-refractivity contribution in [3.8, 4) is 5.75 Å². The molecule has 4 rings (SSSR count). The Labute approximate surface area is 205 Å². The van der Waals surface area contributed by atoms with E-state index in [1.807, 2.05) is 62.4 Å². The Bertz CT molecular complexity index is 1210. The highest BCUT2D eigenvalue weighted by Crippen LogP contribution is 2.28. The zero-order valence-electron chi connectivity index (χ0n) is 19.9. The lowest BCUT2D eigenvalue weighted by Crippen LogP contribution is -2.29. The van der Waals surface area contributed by atoms with Crippen LogP contribution in [-0.2, 0) is 16.1 Å². The lowest BCUT2D eigenvalue weighted by Gasteiger charge is -2.17. The number of carbonyl (C=O) groups excluding carboxylic acids is 3. The van der Waals surface area contributed by atoms with Gasteiger partial charge in [0.1, 0.15) is 5.75 Å². The first-order valence-corrected chi connectivity index (χ1v) is 11.7. The number of nitrogens with one attached hydrogen (secondary N) is 2. The molecule has 1 heterocycles. The van der Waals surface area contributed by atoms with Crippen molar-refractivity contribution < 1.29 is 19.1 Å². The molecule has 0 saturated carbocycles. The third-order valence-corrected chi connectivity index (χ3v) is 5.96. The zero-order chi connectivity index (χ0) is 24.8. The molecule has 7 heteroatoms. The van der Waals surface area contributed by atoms with Crippen LogP contribution in [0.1, 0.15) is 34.8 Å². The van der Waals surface area contributed by atoms with Crippen LogP contribution in [0.25, 0.3) is 0 Å². The van der Waals surface area contributed by atoms with Crippen LogP contribution in [-0.4, -0.2) is 30.9 Å². The fraction of sp³-hybridized carbons (Fsp3) is 0.250. The molecule has 0 radical (unpaired) electrons. The van der Waals surface area contributed by atoms with Crippen LogP contribution < -0.4 is 20.3 Å². The summed E-state index contributed by atoms with van der Waals surface area (Å²) in [4.78, 5) is 40.1. The first kappa shape index (κ1) is 24.0. The Morgan fingerprint density at radius 3 is 2.43 bits per heavy atom. The predicted molar refractivity (Wildman–Crippen MR) is 135 cm³/mol. The van der Waals surface area contributed by atoms with E-state index < -0.39 is 5.92 Å². The van der Waals surface area contributed by atoms with Gasteiger partial charge in [-0.3, -0.25) is 14.4 Å². The van der Waals surface area contributed by atoms with E-state index in [-0.39, 0.29) is 30.7 Å². The van der Waals surface area contributed by atoms with Crippen LogP contribution in [0.2, 0.25) is 0 Å². The second-order valence-corrected chi connectivity index (χ2v) is 8.54. The molecule has 180 valence electrons. The van der Waals surface area contributed by atoms with Gasteiger partial charge in [-0.25, -0.2) is 0 Å². The number of rotatable bonds is 8. The number of aryl methyl sites for hydroxylation is 1. The third-order valence-electron chi connectivity index (χ3n) is 5.96. The van der Waals surface area contributed by atoms with Gasteiger partial charge in [-0.1, -0.05) is 42.0 Å². The third kappa shape index (κ3) is 5.87. The second kappa shape index (κ2) is 10.9. The quantitative estimate of drug-likeness (QED) is 0.512. The number of anilines is 2. The number of carbonyl (C=O) groups is 3. The van der Waals surface area contributed by atoms with Crippen molar-refractivity contribution in [2.24, 2.45) is 5.92 Å². The fourth-order valence-corrected chi connectivity index (χ4v) is 4.03. The topological polar surface area (TPSA) is 87.7 Å². The molecule has 0 aliphatic carbocycles. The summed E-state index contributed by atoms with van der Waals surface area (Å²) < 4.78 is 5.45. The Morgan fingerprint density at radius 2 is 1.71 bits per heavy atom. The van der Waals surface area contributed by atoms with Crippen molar-refractivity contribution >= 4 is 29.1 Å². The Kier molecular flexibility index (Phi) is 7.45. The number of nitrogens with zero attached hydrogens (tertiary/aromatic N) is 1. The molecule has 1 atom stereocenters. The van der Waals surface area contributed by atoms with Gasteiger partial charge in [0.25, 0.3) is 5.91 Å². The van der Waals surface area contributed by atoms with Crippen molar-refractivity contribution in [1.82, 2.24) is 5.32 Å². The molecule has 0 aromatic heterocycles. The first-order chi connectivity index (χ1) is 16.9. The maximum Gasteiger partial charge on any atom is 0.253 e. The highest BCUT2D eigenvalue weighted by atomic mass is 16.5. The van der Waals surface area contributed by atoms with Gasteiger partial charge in [-0.2, -0.15) is 0 Å². The van der Waals surface area contributed by atoms with E-state index in [9.17, 15) is 14.4 Å². The number of hydrogen-bond donors (Lipinski definition) is 2. The summed E-state index contributed by atoms with van der Waals surface area (Å²) in [6.45, 7) is 5.15. The molecular weight excluding hydrogens is 442 g/mol. The van der Waals surface area contributed by atoms with Crippen molar-refractivity contribution in [3.63, 3.8) is 0 Å². The lowest BCUT2D eigenvalue weighted by molar-refractivity contribution is -0.122. The summed E-state index contributed by atoms with van der Waals surface area (Å²) >= 11 is 0.